The first kappa shape index (κ1) is 17.3. The number of nitrogens with one attached hydrogen (secondary N) is 1. The molecular weight excluding hydrogens is 310 g/mol. The van der Waals surface area contributed by atoms with Crippen LogP contribution in [0.3, 0.4) is 0 Å². The van der Waals surface area contributed by atoms with Gasteiger partial charge in [-0.3, -0.25) is 4.79 Å². The number of hydrogen-bond donors (Lipinski definition) is 2. The van der Waals surface area contributed by atoms with E-state index in [9.17, 15) is 4.79 Å². The van der Waals surface area contributed by atoms with Crippen molar-refractivity contribution in [2.24, 2.45) is 0 Å². The Hall–Kier alpha value is -2.10. The summed E-state index contributed by atoms with van der Waals surface area (Å²) in [6, 6.07) is 17.6. The van der Waals surface area contributed by atoms with Crippen molar-refractivity contribution in [3.05, 3.63) is 76.8 Å². The van der Waals surface area contributed by atoms with Gasteiger partial charge in [-0.1, -0.05) is 54.1 Å². The van der Waals surface area contributed by atoms with Crippen molar-refractivity contribution < 1.29 is 9.90 Å². The van der Waals surface area contributed by atoms with Gasteiger partial charge in [0.2, 0.25) is 5.91 Å². The summed E-state index contributed by atoms with van der Waals surface area (Å²) in [6.45, 7) is 0.194. The number of aryl methyl sites for hydroxylation is 1. The van der Waals surface area contributed by atoms with E-state index in [0.717, 1.165) is 29.0 Å². The Bertz CT molecular complexity index is 651. The third-order valence-electron chi connectivity index (χ3n) is 3.46. The first-order chi connectivity index (χ1) is 11.2. The maximum atomic E-state index is 11.9. The molecule has 0 saturated heterocycles. The van der Waals surface area contributed by atoms with Crippen LogP contribution in [0.5, 0.6) is 0 Å². The van der Waals surface area contributed by atoms with Gasteiger partial charge in [0.15, 0.2) is 0 Å². The third kappa shape index (κ3) is 5.89. The first-order valence-corrected chi connectivity index (χ1v) is 7.96. The van der Waals surface area contributed by atoms with Crippen molar-refractivity contribution in [3.63, 3.8) is 0 Å². The van der Waals surface area contributed by atoms with Crippen molar-refractivity contribution in [3.8, 4) is 0 Å². The van der Waals surface area contributed by atoms with Crippen LogP contribution in [0.2, 0.25) is 5.02 Å². The van der Waals surface area contributed by atoms with Gasteiger partial charge in [0, 0.05) is 17.6 Å². The molecule has 23 heavy (non-hydrogen) atoms. The molecule has 0 unspecified atom stereocenters. The van der Waals surface area contributed by atoms with Gasteiger partial charge in [0.25, 0.3) is 0 Å². The highest BCUT2D eigenvalue weighted by molar-refractivity contribution is 6.30. The number of benzene rings is 2. The Balaban J connectivity index is 2.11. The minimum atomic E-state index is -0.186. The number of aliphatic hydroxyl groups is 1. The van der Waals surface area contributed by atoms with Crippen molar-refractivity contribution in [2.45, 2.75) is 12.8 Å². The molecule has 0 aliphatic heterocycles. The molecule has 0 atom stereocenters. The zero-order chi connectivity index (χ0) is 16.5. The van der Waals surface area contributed by atoms with Crippen LogP contribution < -0.4 is 5.32 Å². The molecule has 120 valence electrons. The Morgan fingerprint density at radius 1 is 1.09 bits per heavy atom. The highest BCUT2D eigenvalue weighted by Gasteiger charge is 2.06. The summed E-state index contributed by atoms with van der Waals surface area (Å²) < 4.78 is 0. The highest BCUT2D eigenvalue weighted by atomic mass is 35.5. The van der Waals surface area contributed by atoms with E-state index >= 15 is 0 Å². The zero-order valence-electron chi connectivity index (χ0n) is 12.8. The fourth-order valence-electron chi connectivity index (χ4n) is 2.27. The van der Waals surface area contributed by atoms with Crippen LogP contribution in [-0.2, 0) is 11.2 Å². The van der Waals surface area contributed by atoms with Crippen LogP contribution >= 0.6 is 11.6 Å². The van der Waals surface area contributed by atoms with Gasteiger partial charge in [0.1, 0.15) is 0 Å². The lowest BCUT2D eigenvalue weighted by molar-refractivity contribution is -0.116. The van der Waals surface area contributed by atoms with Crippen molar-refractivity contribution in [1.82, 2.24) is 5.32 Å². The van der Waals surface area contributed by atoms with Crippen LogP contribution in [0.15, 0.2) is 60.7 Å². The molecule has 4 heteroatoms. The van der Waals surface area contributed by atoms with Gasteiger partial charge >= 0.3 is 0 Å². The Morgan fingerprint density at radius 2 is 1.78 bits per heavy atom. The topological polar surface area (TPSA) is 49.3 Å². The Morgan fingerprint density at radius 3 is 2.43 bits per heavy atom. The molecular formula is C19H20ClNO2. The minimum Gasteiger partial charge on any atom is -0.395 e. The van der Waals surface area contributed by atoms with E-state index in [0.29, 0.717) is 0 Å². The van der Waals surface area contributed by atoms with Crippen LogP contribution in [0.25, 0.3) is 5.57 Å². The second kappa shape index (κ2) is 9.13. The minimum absolute atomic E-state index is 0.0645. The zero-order valence-corrected chi connectivity index (χ0v) is 13.6. The van der Waals surface area contributed by atoms with E-state index in [1.54, 1.807) is 6.08 Å². The normalized spacial score (nSPS) is 11.3. The molecule has 2 N–H and O–H groups in total. The largest absolute Gasteiger partial charge is 0.395 e. The summed E-state index contributed by atoms with van der Waals surface area (Å²) in [4.78, 5) is 11.9. The van der Waals surface area contributed by atoms with E-state index in [-0.39, 0.29) is 19.1 Å². The van der Waals surface area contributed by atoms with E-state index in [1.807, 2.05) is 54.6 Å². The SMILES string of the molecule is O=C(/C=C(/CCc1ccc(Cl)cc1)c1ccccc1)NCCO. The summed E-state index contributed by atoms with van der Waals surface area (Å²) in [5.41, 5.74) is 3.17. The van der Waals surface area contributed by atoms with Crippen LogP contribution in [0.4, 0.5) is 0 Å². The Kier molecular flexibility index (Phi) is 6.85. The number of allylic oxidation sites excluding steroid dienone is 1. The van der Waals surface area contributed by atoms with Crippen LogP contribution in [0.1, 0.15) is 17.5 Å². The highest BCUT2D eigenvalue weighted by Crippen LogP contribution is 2.21. The van der Waals surface area contributed by atoms with E-state index in [1.165, 1.54) is 5.56 Å². The summed E-state index contributed by atoms with van der Waals surface area (Å²) >= 11 is 5.90. The second-order valence-corrected chi connectivity index (χ2v) is 5.61. The van der Waals surface area contributed by atoms with E-state index in [2.05, 4.69) is 5.32 Å². The number of halogens is 1. The fourth-order valence-corrected chi connectivity index (χ4v) is 2.40. The summed E-state index contributed by atoms with van der Waals surface area (Å²) in [5.74, 6) is -0.186. The molecule has 0 heterocycles. The lowest BCUT2D eigenvalue weighted by Gasteiger charge is -2.09. The maximum Gasteiger partial charge on any atom is 0.244 e. The number of carbonyl (C=O) groups is 1. The standard InChI is InChI=1S/C19H20ClNO2/c20-18-10-7-15(8-11-18)6-9-17(14-19(23)21-12-13-22)16-4-2-1-3-5-16/h1-5,7-8,10-11,14,22H,6,9,12-13H2,(H,21,23)/b17-14-. The van der Waals surface area contributed by atoms with Crippen LogP contribution in [-0.4, -0.2) is 24.2 Å². The van der Waals surface area contributed by atoms with E-state index in [4.69, 9.17) is 16.7 Å². The number of carbonyl (C=O) groups excluding carboxylic acids is 1. The van der Waals surface area contributed by atoms with Gasteiger partial charge in [-0.25, -0.2) is 0 Å². The average Bonchev–Trinajstić information content (AvgIpc) is 2.59. The predicted molar refractivity (Wildman–Crippen MR) is 94.3 cm³/mol. The lowest BCUT2D eigenvalue weighted by Crippen LogP contribution is -2.24. The molecule has 0 spiro atoms. The third-order valence-corrected chi connectivity index (χ3v) is 3.71. The molecule has 1 amide bonds. The summed E-state index contributed by atoms with van der Waals surface area (Å²) in [7, 11) is 0. The molecule has 0 bridgehead atoms. The Labute approximate surface area is 141 Å². The smallest absolute Gasteiger partial charge is 0.244 e. The fraction of sp³-hybridized carbons (Fsp3) is 0.211. The summed E-state index contributed by atoms with van der Waals surface area (Å²) in [5, 5.41) is 12.2. The molecule has 3 nitrogen and oxygen atoms in total. The molecule has 2 aromatic rings. The predicted octanol–water partition coefficient (Wildman–Crippen LogP) is 3.46. The number of aliphatic hydroxyl groups excluding tert-OH is 1. The molecule has 0 saturated carbocycles. The maximum absolute atomic E-state index is 11.9. The average molecular weight is 330 g/mol. The molecule has 0 aliphatic carbocycles. The molecule has 2 aromatic carbocycles. The summed E-state index contributed by atoms with van der Waals surface area (Å²) in [6.07, 6.45) is 3.18. The van der Waals surface area contributed by atoms with Crippen LogP contribution in [0, 0.1) is 0 Å². The van der Waals surface area contributed by atoms with Crippen molar-refractivity contribution in [1.29, 1.82) is 0 Å². The van der Waals surface area contributed by atoms with E-state index < -0.39 is 0 Å². The van der Waals surface area contributed by atoms with Gasteiger partial charge < -0.3 is 10.4 Å². The number of hydrogen-bond acceptors (Lipinski definition) is 2. The molecule has 2 rings (SSSR count). The number of amides is 1. The number of rotatable bonds is 7. The molecule has 0 aromatic heterocycles. The van der Waals surface area contributed by atoms with Crippen molar-refractivity contribution in [2.75, 3.05) is 13.2 Å². The lowest BCUT2D eigenvalue weighted by atomic mass is 9.98. The molecule has 0 aliphatic rings. The quantitative estimate of drug-likeness (QED) is 0.764. The molecule has 0 fully saturated rings. The van der Waals surface area contributed by atoms with Gasteiger partial charge in [-0.2, -0.15) is 0 Å². The monoisotopic (exact) mass is 329 g/mol. The second-order valence-electron chi connectivity index (χ2n) is 5.18. The first-order valence-electron chi connectivity index (χ1n) is 7.58. The molecule has 0 radical (unpaired) electrons. The van der Waals surface area contributed by atoms with Gasteiger partial charge in [-0.05, 0) is 41.7 Å². The van der Waals surface area contributed by atoms with Gasteiger partial charge in [-0.15, -0.1) is 0 Å². The van der Waals surface area contributed by atoms with Gasteiger partial charge in [0.05, 0.1) is 6.61 Å². The van der Waals surface area contributed by atoms with Crippen molar-refractivity contribution >= 4 is 23.1 Å².